The largest absolute Gasteiger partial charge is 0.520 e. The molecule has 0 heterocycles. The minimum absolute atomic E-state index is 0.699. The molecule has 0 aliphatic carbocycles. The monoisotopic (exact) mass is 342 g/mol. The van der Waals surface area contributed by atoms with E-state index in [4.69, 9.17) is 20.5 Å². The van der Waals surface area contributed by atoms with Gasteiger partial charge in [-0.25, -0.2) is 0 Å². The van der Waals surface area contributed by atoms with Gasteiger partial charge in [-0.05, 0) is 37.7 Å². The van der Waals surface area contributed by atoms with Crippen molar-refractivity contribution in [1.29, 1.82) is 0 Å². The molecule has 0 radical (unpaired) electrons. The van der Waals surface area contributed by atoms with Crippen LogP contribution in [0.1, 0.15) is 58.3 Å². The molecule has 0 atom stereocenters. The number of hydrogen-bond acceptors (Lipinski definition) is 2. The summed E-state index contributed by atoms with van der Waals surface area (Å²) in [5.74, 6) is 0.806. The van der Waals surface area contributed by atoms with E-state index in [1.807, 2.05) is 24.3 Å². The van der Waals surface area contributed by atoms with Crippen LogP contribution in [0, 0.1) is 0 Å². The van der Waals surface area contributed by atoms with Gasteiger partial charge in [-0.1, -0.05) is 69.5 Å². The Morgan fingerprint density at radius 3 is 2.23 bits per heavy atom. The molecular formula is C18H31ClO2Si. The molecule has 0 unspecified atom stereocenters. The fourth-order valence-electron chi connectivity index (χ4n) is 2.40. The van der Waals surface area contributed by atoms with E-state index < -0.39 is 8.56 Å². The van der Waals surface area contributed by atoms with Gasteiger partial charge in [0.05, 0.1) is 0 Å². The van der Waals surface area contributed by atoms with Crippen molar-refractivity contribution >= 4 is 20.2 Å². The summed E-state index contributed by atoms with van der Waals surface area (Å²) in [6.45, 7) is 7.22. The van der Waals surface area contributed by atoms with Gasteiger partial charge in [0.2, 0.25) is 0 Å². The Morgan fingerprint density at radius 2 is 1.59 bits per heavy atom. The molecule has 0 aromatic heterocycles. The van der Waals surface area contributed by atoms with Crippen LogP contribution in [0.2, 0.25) is 18.1 Å². The summed E-state index contributed by atoms with van der Waals surface area (Å²) >= 11 is 5.98. The van der Waals surface area contributed by atoms with Crippen LogP contribution in [0.3, 0.4) is 0 Å². The molecule has 1 aromatic rings. The lowest BCUT2D eigenvalue weighted by molar-refractivity contribution is 0.240. The average molecular weight is 343 g/mol. The zero-order valence-corrected chi connectivity index (χ0v) is 16.1. The topological polar surface area (TPSA) is 18.5 Å². The van der Waals surface area contributed by atoms with E-state index in [9.17, 15) is 0 Å². The minimum atomic E-state index is -2.11. The molecule has 0 aliphatic rings. The fourth-order valence-corrected chi connectivity index (χ4v) is 3.97. The zero-order valence-electron chi connectivity index (χ0n) is 14.4. The molecule has 0 bridgehead atoms. The number of benzene rings is 1. The zero-order chi connectivity index (χ0) is 16.3. The third-order valence-corrected chi connectivity index (χ3v) is 5.47. The first-order valence-electron chi connectivity index (χ1n) is 8.62. The van der Waals surface area contributed by atoms with E-state index in [2.05, 4.69) is 20.0 Å². The minimum Gasteiger partial charge on any atom is -0.520 e. The van der Waals surface area contributed by atoms with Crippen molar-refractivity contribution in [1.82, 2.24) is 0 Å². The Kier molecular flexibility index (Phi) is 9.85. The number of hydrogen-bond donors (Lipinski definition) is 0. The molecule has 0 aliphatic heterocycles. The summed E-state index contributed by atoms with van der Waals surface area (Å²) in [5, 5.41) is 0.699. The maximum Gasteiger partial charge on any atom is 0.392 e. The van der Waals surface area contributed by atoms with Gasteiger partial charge >= 0.3 is 8.56 Å². The second-order valence-corrected chi connectivity index (χ2v) is 10.0. The lowest BCUT2D eigenvalue weighted by atomic mass is 10.1. The predicted molar refractivity (Wildman–Crippen MR) is 98.1 cm³/mol. The Morgan fingerprint density at radius 1 is 0.955 bits per heavy atom. The number of unbranched alkanes of at least 4 members (excludes halogenated alkanes) is 7. The summed E-state index contributed by atoms with van der Waals surface area (Å²) in [5.41, 5.74) is 0. The van der Waals surface area contributed by atoms with Crippen LogP contribution in [0.15, 0.2) is 24.3 Å². The van der Waals surface area contributed by atoms with Gasteiger partial charge in [0.15, 0.2) is 0 Å². The second kappa shape index (κ2) is 11.1. The van der Waals surface area contributed by atoms with Crippen LogP contribution < -0.4 is 4.43 Å². The van der Waals surface area contributed by atoms with Gasteiger partial charge in [-0.15, -0.1) is 0 Å². The van der Waals surface area contributed by atoms with E-state index in [0.29, 0.717) is 5.02 Å². The highest BCUT2D eigenvalue weighted by Gasteiger charge is 2.26. The average Bonchev–Trinajstić information content (AvgIpc) is 2.45. The van der Waals surface area contributed by atoms with E-state index in [1.54, 1.807) is 0 Å². The third-order valence-electron chi connectivity index (χ3n) is 3.61. The summed E-state index contributed by atoms with van der Waals surface area (Å²) in [6, 6.07) is 7.53. The van der Waals surface area contributed by atoms with Crippen molar-refractivity contribution in [3.63, 3.8) is 0 Å². The third kappa shape index (κ3) is 9.49. The first kappa shape index (κ1) is 19.5. The maximum absolute atomic E-state index is 5.99. The first-order valence-corrected chi connectivity index (χ1v) is 11.8. The van der Waals surface area contributed by atoms with Gasteiger partial charge in [0.1, 0.15) is 5.75 Å². The van der Waals surface area contributed by atoms with E-state index >= 15 is 0 Å². The van der Waals surface area contributed by atoms with Crippen LogP contribution >= 0.6 is 11.6 Å². The molecule has 0 spiro atoms. The van der Waals surface area contributed by atoms with Crippen molar-refractivity contribution in [2.24, 2.45) is 0 Å². The Balaban J connectivity index is 2.10. The van der Waals surface area contributed by atoms with Crippen LogP contribution in [-0.2, 0) is 4.43 Å². The predicted octanol–water partition coefficient (Wildman–Crippen LogP) is 6.58. The van der Waals surface area contributed by atoms with E-state index in [1.165, 1.54) is 44.9 Å². The molecule has 0 amide bonds. The molecule has 1 rings (SSSR count). The molecule has 0 N–H and O–H groups in total. The Hall–Kier alpha value is -0.513. The summed E-state index contributed by atoms with van der Waals surface area (Å²) in [6.07, 6.45) is 10.5. The maximum atomic E-state index is 5.99. The second-order valence-electron chi connectivity index (χ2n) is 6.28. The lowest BCUT2D eigenvalue weighted by Gasteiger charge is -2.24. The molecule has 0 saturated carbocycles. The van der Waals surface area contributed by atoms with Gasteiger partial charge < -0.3 is 8.85 Å². The van der Waals surface area contributed by atoms with Crippen molar-refractivity contribution < 1.29 is 8.85 Å². The molecule has 1 aromatic carbocycles. The van der Waals surface area contributed by atoms with Crippen molar-refractivity contribution in [2.45, 2.75) is 71.4 Å². The van der Waals surface area contributed by atoms with Gasteiger partial charge in [-0.2, -0.15) is 0 Å². The highest BCUT2D eigenvalue weighted by molar-refractivity contribution is 6.65. The quantitative estimate of drug-likeness (QED) is 0.315. The van der Waals surface area contributed by atoms with Crippen molar-refractivity contribution in [3.05, 3.63) is 29.3 Å². The number of rotatable bonds is 12. The number of halogens is 1. The lowest BCUT2D eigenvalue weighted by Crippen LogP contribution is -2.38. The summed E-state index contributed by atoms with van der Waals surface area (Å²) in [4.78, 5) is 0. The van der Waals surface area contributed by atoms with Crippen molar-refractivity contribution in [2.75, 3.05) is 6.61 Å². The smallest absolute Gasteiger partial charge is 0.392 e. The van der Waals surface area contributed by atoms with E-state index in [-0.39, 0.29) is 0 Å². The molecule has 126 valence electrons. The van der Waals surface area contributed by atoms with Gasteiger partial charge in [-0.3, -0.25) is 0 Å². The molecule has 4 heteroatoms. The van der Waals surface area contributed by atoms with Crippen LogP contribution in [-0.4, -0.2) is 15.2 Å². The highest BCUT2D eigenvalue weighted by Crippen LogP contribution is 2.21. The fraction of sp³-hybridized carbons (Fsp3) is 0.667. The van der Waals surface area contributed by atoms with Gasteiger partial charge in [0, 0.05) is 11.6 Å². The van der Waals surface area contributed by atoms with E-state index in [0.717, 1.165) is 18.8 Å². The highest BCUT2D eigenvalue weighted by atomic mass is 35.5. The van der Waals surface area contributed by atoms with Gasteiger partial charge in [0.25, 0.3) is 0 Å². The molecule has 0 saturated heterocycles. The normalized spacial score (nSPS) is 11.6. The van der Waals surface area contributed by atoms with Crippen LogP contribution in [0.5, 0.6) is 5.75 Å². The Bertz CT molecular complexity index is 410. The van der Waals surface area contributed by atoms with Crippen molar-refractivity contribution in [3.8, 4) is 5.75 Å². The molecule has 22 heavy (non-hydrogen) atoms. The molecule has 2 nitrogen and oxygen atoms in total. The van der Waals surface area contributed by atoms with Crippen LogP contribution in [0.25, 0.3) is 0 Å². The summed E-state index contributed by atoms with van der Waals surface area (Å²) < 4.78 is 12.0. The first-order chi connectivity index (χ1) is 10.5. The SMILES string of the molecule is CCCCCCCCCCO[Si](C)(C)Oc1cccc(Cl)c1. The Labute approximate surface area is 142 Å². The van der Waals surface area contributed by atoms with Crippen LogP contribution in [0.4, 0.5) is 0 Å². The molecular weight excluding hydrogens is 312 g/mol. The molecule has 0 fully saturated rings. The summed E-state index contributed by atoms with van der Waals surface area (Å²) in [7, 11) is -2.11. The standard InChI is InChI=1S/C18H31ClO2Si/c1-4-5-6-7-8-9-10-11-15-20-22(2,3)21-18-14-12-13-17(19)16-18/h12-14,16H,4-11,15H2,1-3H3.